The Kier molecular flexibility index (Phi) is 2.96. The first-order chi connectivity index (χ1) is 7.59. The van der Waals surface area contributed by atoms with Gasteiger partial charge in [-0.05, 0) is 30.7 Å². The smallest absolute Gasteiger partial charge is 0.238 e. The number of carbonyl (C=O) groups is 1. The Labute approximate surface area is 96.9 Å². The first kappa shape index (κ1) is 11.1. The highest BCUT2D eigenvalue weighted by molar-refractivity contribution is 7.86. The van der Waals surface area contributed by atoms with E-state index >= 15 is 0 Å². The Morgan fingerprint density at radius 1 is 1.38 bits per heavy atom. The van der Waals surface area contributed by atoms with Gasteiger partial charge in [-0.2, -0.15) is 0 Å². The van der Waals surface area contributed by atoms with E-state index in [1.807, 2.05) is 0 Å². The summed E-state index contributed by atoms with van der Waals surface area (Å²) in [4.78, 5) is 14.0. The molecule has 86 valence electrons. The number of likely N-dealkylation sites (tertiary alicyclic amines) is 1. The second-order valence-corrected chi connectivity index (χ2v) is 5.54. The van der Waals surface area contributed by atoms with Crippen molar-refractivity contribution >= 4 is 22.4 Å². The third-order valence-corrected chi connectivity index (χ3v) is 4.44. The topological polar surface area (TPSA) is 63.4 Å². The molecule has 0 radical (unpaired) electrons. The van der Waals surface area contributed by atoms with Crippen LogP contribution in [0.5, 0.6) is 0 Å². The van der Waals surface area contributed by atoms with Gasteiger partial charge in [0.15, 0.2) is 0 Å². The molecule has 0 saturated carbocycles. The van der Waals surface area contributed by atoms with Gasteiger partial charge in [-0.25, -0.2) is 0 Å². The third-order valence-electron chi connectivity index (χ3n) is 2.75. The number of anilines is 1. The molecule has 2 atom stereocenters. The van der Waals surface area contributed by atoms with Crippen molar-refractivity contribution in [2.45, 2.75) is 16.6 Å². The molecule has 1 aliphatic rings. The maximum Gasteiger partial charge on any atom is 0.238 e. The van der Waals surface area contributed by atoms with E-state index in [0.717, 1.165) is 0 Å². The van der Waals surface area contributed by atoms with Gasteiger partial charge in [0.1, 0.15) is 5.25 Å². The number of nitrogens with two attached hydrogens (primary N) is 1. The van der Waals surface area contributed by atoms with E-state index < -0.39 is 16.0 Å². The SMILES string of the molecule is CN1CCC(S(=O)c2ccc(N)cc2)C1=O. The van der Waals surface area contributed by atoms with Crippen LogP contribution in [-0.2, 0) is 15.6 Å². The maximum atomic E-state index is 12.1. The van der Waals surface area contributed by atoms with Crippen LogP contribution in [0.2, 0.25) is 0 Å². The van der Waals surface area contributed by atoms with Crippen molar-refractivity contribution in [1.29, 1.82) is 0 Å². The summed E-state index contributed by atoms with van der Waals surface area (Å²) < 4.78 is 12.1. The zero-order chi connectivity index (χ0) is 11.7. The predicted octanol–water partition coefficient (Wildman–Crippen LogP) is 0.607. The first-order valence-corrected chi connectivity index (χ1v) is 6.32. The fraction of sp³-hybridized carbons (Fsp3) is 0.364. The van der Waals surface area contributed by atoms with Crippen LogP contribution in [0.15, 0.2) is 29.2 Å². The molecule has 1 heterocycles. The van der Waals surface area contributed by atoms with Crippen LogP contribution < -0.4 is 5.73 Å². The zero-order valence-electron chi connectivity index (χ0n) is 9.05. The average Bonchev–Trinajstić information content (AvgIpc) is 2.60. The number of benzene rings is 1. The van der Waals surface area contributed by atoms with E-state index in [0.29, 0.717) is 23.5 Å². The highest BCUT2D eigenvalue weighted by atomic mass is 32.2. The van der Waals surface area contributed by atoms with Crippen molar-refractivity contribution in [3.8, 4) is 0 Å². The van der Waals surface area contributed by atoms with E-state index in [9.17, 15) is 9.00 Å². The molecule has 0 spiro atoms. The molecule has 2 rings (SSSR count). The Hall–Kier alpha value is -1.36. The molecule has 2 N–H and O–H groups in total. The first-order valence-electron chi connectivity index (χ1n) is 5.10. The number of amides is 1. The normalized spacial score (nSPS) is 22.4. The lowest BCUT2D eigenvalue weighted by atomic mass is 10.3. The van der Waals surface area contributed by atoms with Crippen LogP contribution in [0.1, 0.15) is 6.42 Å². The summed E-state index contributed by atoms with van der Waals surface area (Å²) >= 11 is 0. The van der Waals surface area contributed by atoms with Crippen LogP contribution in [-0.4, -0.2) is 33.9 Å². The quantitative estimate of drug-likeness (QED) is 0.768. The van der Waals surface area contributed by atoms with Crippen molar-refractivity contribution in [3.63, 3.8) is 0 Å². The van der Waals surface area contributed by atoms with Gasteiger partial charge < -0.3 is 10.6 Å². The number of nitrogens with zero attached hydrogens (tertiary/aromatic N) is 1. The molecule has 5 heteroatoms. The summed E-state index contributed by atoms with van der Waals surface area (Å²) in [5.41, 5.74) is 6.19. The molecule has 0 bridgehead atoms. The number of rotatable bonds is 2. The Balaban J connectivity index is 2.20. The summed E-state index contributed by atoms with van der Waals surface area (Å²) in [6.07, 6.45) is 0.659. The maximum absolute atomic E-state index is 12.1. The minimum atomic E-state index is -1.26. The Morgan fingerprint density at radius 2 is 2.00 bits per heavy atom. The van der Waals surface area contributed by atoms with Gasteiger partial charge in [0.05, 0.1) is 10.8 Å². The van der Waals surface area contributed by atoms with Crippen molar-refractivity contribution in [3.05, 3.63) is 24.3 Å². The second kappa shape index (κ2) is 4.25. The number of hydrogen-bond acceptors (Lipinski definition) is 3. The van der Waals surface area contributed by atoms with Gasteiger partial charge in [0, 0.05) is 24.2 Å². The number of carbonyl (C=O) groups excluding carboxylic acids is 1. The van der Waals surface area contributed by atoms with Crippen molar-refractivity contribution < 1.29 is 9.00 Å². The molecule has 2 unspecified atom stereocenters. The van der Waals surface area contributed by atoms with Gasteiger partial charge >= 0.3 is 0 Å². The largest absolute Gasteiger partial charge is 0.399 e. The summed E-state index contributed by atoms with van der Waals surface area (Å²) in [5, 5.41) is -0.395. The molecular weight excluding hydrogens is 224 g/mol. The number of hydrogen-bond donors (Lipinski definition) is 1. The molecule has 0 aliphatic carbocycles. The molecule has 0 aromatic heterocycles. The Bertz CT molecular complexity index is 430. The molecular formula is C11H14N2O2S. The van der Waals surface area contributed by atoms with Gasteiger partial charge in [0.25, 0.3) is 0 Å². The van der Waals surface area contributed by atoms with Gasteiger partial charge in [-0.15, -0.1) is 0 Å². The molecule has 16 heavy (non-hydrogen) atoms. The van der Waals surface area contributed by atoms with E-state index in [2.05, 4.69) is 0 Å². The summed E-state index contributed by atoms with van der Waals surface area (Å²) in [7, 11) is 0.474. The van der Waals surface area contributed by atoms with E-state index in [-0.39, 0.29) is 5.91 Å². The molecule has 4 nitrogen and oxygen atoms in total. The summed E-state index contributed by atoms with van der Waals surface area (Å²) in [6, 6.07) is 6.85. The minimum Gasteiger partial charge on any atom is -0.399 e. The van der Waals surface area contributed by atoms with E-state index in [4.69, 9.17) is 5.73 Å². The molecule has 1 amide bonds. The molecule has 1 aliphatic heterocycles. The highest BCUT2D eigenvalue weighted by Gasteiger charge is 2.34. The van der Waals surface area contributed by atoms with Crippen molar-refractivity contribution in [2.75, 3.05) is 19.3 Å². The van der Waals surface area contributed by atoms with E-state index in [1.54, 1.807) is 36.2 Å². The van der Waals surface area contributed by atoms with Crippen LogP contribution >= 0.6 is 0 Å². The van der Waals surface area contributed by atoms with Crippen LogP contribution in [0.3, 0.4) is 0 Å². The van der Waals surface area contributed by atoms with Crippen LogP contribution in [0.25, 0.3) is 0 Å². The fourth-order valence-electron chi connectivity index (χ4n) is 1.76. The van der Waals surface area contributed by atoms with Gasteiger partial charge in [-0.1, -0.05) is 0 Å². The minimum absolute atomic E-state index is 0.0323. The Morgan fingerprint density at radius 3 is 2.50 bits per heavy atom. The summed E-state index contributed by atoms with van der Waals surface area (Å²) in [5.74, 6) is -0.0323. The van der Waals surface area contributed by atoms with Crippen LogP contribution in [0.4, 0.5) is 5.69 Å². The standard InChI is InChI=1S/C11H14N2O2S/c1-13-7-6-10(11(13)14)16(15)9-4-2-8(12)3-5-9/h2-5,10H,6-7,12H2,1H3. The highest BCUT2D eigenvalue weighted by Crippen LogP contribution is 2.21. The van der Waals surface area contributed by atoms with Crippen molar-refractivity contribution in [2.24, 2.45) is 0 Å². The monoisotopic (exact) mass is 238 g/mol. The van der Waals surface area contributed by atoms with Gasteiger partial charge in [0.2, 0.25) is 5.91 Å². The lowest BCUT2D eigenvalue weighted by Gasteiger charge is -2.10. The average molecular weight is 238 g/mol. The molecule has 1 aromatic rings. The number of nitrogen functional groups attached to an aromatic ring is 1. The molecule has 1 fully saturated rings. The fourth-order valence-corrected chi connectivity index (χ4v) is 3.17. The lowest BCUT2D eigenvalue weighted by molar-refractivity contribution is -0.126. The molecule has 1 aromatic carbocycles. The van der Waals surface area contributed by atoms with Gasteiger partial charge in [-0.3, -0.25) is 9.00 Å². The second-order valence-electron chi connectivity index (χ2n) is 3.90. The predicted molar refractivity (Wildman–Crippen MR) is 63.3 cm³/mol. The third kappa shape index (κ3) is 1.95. The zero-order valence-corrected chi connectivity index (χ0v) is 9.87. The van der Waals surface area contributed by atoms with E-state index in [1.165, 1.54) is 0 Å². The summed E-state index contributed by atoms with van der Waals surface area (Å²) in [6.45, 7) is 0.685. The van der Waals surface area contributed by atoms with Crippen molar-refractivity contribution in [1.82, 2.24) is 4.90 Å². The lowest BCUT2D eigenvalue weighted by Crippen LogP contribution is -2.28. The molecule has 1 saturated heterocycles. The van der Waals surface area contributed by atoms with Crippen LogP contribution in [0, 0.1) is 0 Å².